The number of aliphatic hydroxyl groups is 1. The summed E-state index contributed by atoms with van der Waals surface area (Å²) in [5.41, 5.74) is 5.77. The summed E-state index contributed by atoms with van der Waals surface area (Å²) in [7, 11) is 0. The molecule has 0 aromatic carbocycles. The van der Waals surface area contributed by atoms with E-state index in [1.807, 2.05) is 0 Å². The standard InChI is InChI=1S/C16H32N2O/c1-3-15(4-2)9-11-18(13-15)10-7-14-6-5-8-16(14,19)12-17/h14,19H,3-13,17H2,1-2H3. The Morgan fingerprint density at radius 3 is 2.58 bits per heavy atom. The number of likely N-dealkylation sites (tertiary alicyclic amines) is 1. The molecule has 2 aliphatic rings. The molecule has 3 heteroatoms. The molecule has 19 heavy (non-hydrogen) atoms. The molecule has 2 fully saturated rings. The Morgan fingerprint density at radius 1 is 1.26 bits per heavy atom. The van der Waals surface area contributed by atoms with E-state index in [-0.39, 0.29) is 0 Å². The van der Waals surface area contributed by atoms with Gasteiger partial charge in [0.05, 0.1) is 5.60 Å². The Kier molecular flexibility index (Phi) is 4.91. The summed E-state index contributed by atoms with van der Waals surface area (Å²) in [5, 5.41) is 10.5. The van der Waals surface area contributed by atoms with Crippen molar-refractivity contribution in [1.29, 1.82) is 0 Å². The van der Waals surface area contributed by atoms with Crippen LogP contribution in [0.5, 0.6) is 0 Å². The molecular weight excluding hydrogens is 236 g/mol. The van der Waals surface area contributed by atoms with Gasteiger partial charge in [-0.3, -0.25) is 0 Å². The number of hydrogen-bond donors (Lipinski definition) is 2. The minimum absolute atomic E-state index is 0.427. The van der Waals surface area contributed by atoms with Crippen LogP contribution in [0, 0.1) is 11.3 Å². The molecule has 112 valence electrons. The second-order valence-electron chi connectivity index (χ2n) is 6.92. The molecule has 0 amide bonds. The van der Waals surface area contributed by atoms with Gasteiger partial charge in [-0.2, -0.15) is 0 Å². The summed E-state index contributed by atoms with van der Waals surface area (Å²) in [4.78, 5) is 2.61. The highest BCUT2D eigenvalue weighted by atomic mass is 16.3. The molecule has 0 bridgehead atoms. The van der Waals surface area contributed by atoms with Gasteiger partial charge in [0.2, 0.25) is 0 Å². The lowest BCUT2D eigenvalue weighted by Gasteiger charge is -2.31. The van der Waals surface area contributed by atoms with Crippen molar-refractivity contribution in [3.63, 3.8) is 0 Å². The maximum absolute atomic E-state index is 10.5. The van der Waals surface area contributed by atoms with Gasteiger partial charge >= 0.3 is 0 Å². The van der Waals surface area contributed by atoms with Gasteiger partial charge in [0.1, 0.15) is 0 Å². The average Bonchev–Trinajstić information content (AvgIpc) is 3.01. The molecule has 0 aromatic heterocycles. The maximum atomic E-state index is 10.5. The van der Waals surface area contributed by atoms with Crippen LogP contribution in [-0.4, -0.2) is 41.8 Å². The van der Waals surface area contributed by atoms with E-state index in [4.69, 9.17) is 5.73 Å². The van der Waals surface area contributed by atoms with Crippen LogP contribution >= 0.6 is 0 Å². The predicted molar refractivity (Wildman–Crippen MR) is 80.0 cm³/mol. The second-order valence-corrected chi connectivity index (χ2v) is 6.92. The van der Waals surface area contributed by atoms with Crippen LogP contribution in [0.15, 0.2) is 0 Å². The second kappa shape index (κ2) is 6.11. The molecule has 2 rings (SSSR count). The van der Waals surface area contributed by atoms with Gasteiger partial charge in [-0.1, -0.05) is 20.3 Å². The predicted octanol–water partition coefficient (Wildman–Crippen LogP) is 2.38. The summed E-state index contributed by atoms with van der Waals surface area (Å²) >= 11 is 0. The maximum Gasteiger partial charge on any atom is 0.0797 e. The molecule has 1 saturated heterocycles. The lowest BCUT2D eigenvalue weighted by atomic mass is 9.82. The first kappa shape index (κ1) is 15.3. The van der Waals surface area contributed by atoms with Crippen molar-refractivity contribution >= 4 is 0 Å². The van der Waals surface area contributed by atoms with E-state index in [0.29, 0.717) is 17.9 Å². The summed E-state index contributed by atoms with van der Waals surface area (Å²) in [5.74, 6) is 0.427. The van der Waals surface area contributed by atoms with Crippen LogP contribution in [-0.2, 0) is 0 Å². The van der Waals surface area contributed by atoms with Gasteiger partial charge in [-0.25, -0.2) is 0 Å². The molecule has 1 aliphatic heterocycles. The van der Waals surface area contributed by atoms with Gasteiger partial charge in [0.25, 0.3) is 0 Å². The summed E-state index contributed by atoms with van der Waals surface area (Å²) < 4.78 is 0. The first-order chi connectivity index (χ1) is 9.07. The molecule has 2 atom stereocenters. The quantitative estimate of drug-likeness (QED) is 0.777. The third-order valence-corrected chi connectivity index (χ3v) is 6.09. The van der Waals surface area contributed by atoms with Crippen LogP contribution in [0.4, 0.5) is 0 Å². The molecular formula is C16H32N2O. The van der Waals surface area contributed by atoms with Gasteiger partial charge in [-0.05, 0) is 62.9 Å². The molecule has 0 radical (unpaired) electrons. The Bertz CT molecular complexity index is 290. The highest BCUT2D eigenvalue weighted by Gasteiger charge is 2.40. The van der Waals surface area contributed by atoms with Gasteiger partial charge in [-0.15, -0.1) is 0 Å². The zero-order chi connectivity index (χ0) is 13.9. The summed E-state index contributed by atoms with van der Waals surface area (Å²) in [6.45, 7) is 8.75. The SMILES string of the molecule is CCC1(CC)CCN(CCC2CCCC2(O)CN)C1. The lowest BCUT2D eigenvalue weighted by Crippen LogP contribution is -2.42. The van der Waals surface area contributed by atoms with E-state index in [9.17, 15) is 5.11 Å². The van der Waals surface area contributed by atoms with E-state index in [0.717, 1.165) is 32.2 Å². The van der Waals surface area contributed by atoms with Crippen molar-refractivity contribution in [2.75, 3.05) is 26.2 Å². The molecule has 0 aromatic rings. The number of nitrogens with two attached hydrogens (primary N) is 1. The van der Waals surface area contributed by atoms with Crippen molar-refractivity contribution in [3.8, 4) is 0 Å². The highest BCUT2D eigenvalue weighted by molar-refractivity contribution is 4.94. The fourth-order valence-electron chi connectivity index (χ4n) is 4.19. The van der Waals surface area contributed by atoms with Crippen molar-refractivity contribution in [1.82, 2.24) is 4.90 Å². The van der Waals surface area contributed by atoms with Gasteiger partial charge in [0.15, 0.2) is 0 Å². The van der Waals surface area contributed by atoms with Crippen molar-refractivity contribution in [3.05, 3.63) is 0 Å². The smallest absolute Gasteiger partial charge is 0.0797 e. The zero-order valence-corrected chi connectivity index (χ0v) is 12.8. The Hall–Kier alpha value is -0.120. The van der Waals surface area contributed by atoms with Gasteiger partial charge in [0, 0.05) is 13.1 Å². The number of hydrogen-bond acceptors (Lipinski definition) is 3. The summed E-state index contributed by atoms with van der Waals surface area (Å²) in [6.07, 6.45) is 8.29. The van der Waals surface area contributed by atoms with E-state index >= 15 is 0 Å². The first-order valence-electron chi connectivity index (χ1n) is 8.22. The summed E-state index contributed by atoms with van der Waals surface area (Å²) in [6, 6.07) is 0. The van der Waals surface area contributed by atoms with Crippen LogP contribution in [0.1, 0.15) is 58.8 Å². The fourth-order valence-corrected chi connectivity index (χ4v) is 4.19. The number of nitrogens with zero attached hydrogens (tertiary/aromatic N) is 1. The first-order valence-corrected chi connectivity index (χ1v) is 8.22. The van der Waals surface area contributed by atoms with Crippen LogP contribution in [0.2, 0.25) is 0 Å². The molecule has 1 saturated carbocycles. The van der Waals surface area contributed by atoms with E-state index in [1.54, 1.807) is 0 Å². The number of rotatable bonds is 6. The van der Waals surface area contributed by atoms with Crippen LogP contribution < -0.4 is 5.73 Å². The fraction of sp³-hybridized carbons (Fsp3) is 1.00. The van der Waals surface area contributed by atoms with Gasteiger partial charge < -0.3 is 15.7 Å². The Balaban J connectivity index is 1.81. The molecule has 2 unspecified atom stereocenters. The van der Waals surface area contributed by atoms with Crippen molar-refractivity contribution in [2.45, 2.75) is 64.4 Å². The Morgan fingerprint density at radius 2 is 2.00 bits per heavy atom. The molecule has 3 nitrogen and oxygen atoms in total. The van der Waals surface area contributed by atoms with Crippen LogP contribution in [0.3, 0.4) is 0 Å². The van der Waals surface area contributed by atoms with E-state index in [1.165, 1.54) is 32.4 Å². The average molecular weight is 268 g/mol. The third kappa shape index (κ3) is 3.14. The largest absolute Gasteiger partial charge is 0.388 e. The van der Waals surface area contributed by atoms with Crippen molar-refractivity contribution in [2.24, 2.45) is 17.1 Å². The Labute approximate surface area is 118 Å². The molecule has 3 N–H and O–H groups in total. The molecule has 0 spiro atoms. The molecule has 1 heterocycles. The van der Waals surface area contributed by atoms with Crippen LogP contribution in [0.25, 0.3) is 0 Å². The highest BCUT2D eigenvalue weighted by Crippen LogP contribution is 2.40. The molecule has 1 aliphatic carbocycles. The minimum Gasteiger partial charge on any atom is -0.388 e. The van der Waals surface area contributed by atoms with E-state index < -0.39 is 5.60 Å². The zero-order valence-electron chi connectivity index (χ0n) is 12.8. The minimum atomic E-state index is -0.563. The van der Waals surface area contributed by atoms with Crippen molar-refractivity contribution < 1.29 is 5.11 Å². The third-order valence-electron chi connectivity index (χ3n) is 6.09. The van der Waals surface area contributed by atoms with E-state index in [2.05, 4.69) is 18.7 Å². The monoisotopic (exact) mass is 268 g/mol. The topological polar surface area (TPSA) is 49.5 Å². The lowest BCUT2D eigenvalue weighted by molar-refractivity contribution is 0.00493. The normalized spacial score (nSPS) is 35.1.